The zero-order valence-corrected chi connectivity index (χ0v) is 24.4. The number of hydrogen-bond donors (Lipinski definition) is 2. The zero-order valence-electron chi connectivity index (χ0n) is 23.7. The first-order valence-electron chi connectivity index (χ1n) is 14.9. The Kier molecular flexibility index (Phi) is 7.12. The number of aromatic amines is 1. The van der Waals surface area contributed by atoms with Crippen molar-refractivity contribution in [1.82, 2.24) is 14.9 Å². The number of carbonyl (C=O) groups excluding carboxylic acids is 1. The van der Waals surface area contributed by atoms with Gasteiger partial charge < -0.3 is 15.5 Å². The topological polar surface area (TPSA) is 84.2 Å². The summed E-state index contributed by atoms with van der Waals surface area (Å²) in [5.41, 5.74) is 14.1. The highest BCUT2D eigenvalue weighted by molar-refractivity contribution is 6.30. The van der Waals surface area contributed by atoms with Crippen LogP contribution in [0.4, 0.5) is 0 Å². The highest BCUT2D eigenvalue weighted by Gasteiger charge is 2.40. The van der Waals surface area contributed by atoms with E-state index in [4.69, 9.17) is 22.1 Å². The van der Waals surface area contributed by atoms with E-state index in [0.29, 0.717) is 22.5 Å². The second-order valence-corrected chi connectivity index (χ2v) is 12.5. The molecule has 3 N–H and O–H groups in total. The molecule has 7 rings (SSSR count). The van der Waals surface area contributed by atoms with Crippen LogP contribution in [-0.4, -0.2) is 40.4 Å². The Hall–Kier alpha value is -3.87. The average Bonchev–Trinajstić information content (AvgIpc) is 3.45. The first kappa shape index (κ1) is 27.0. The van der Waals surface area contributed by atoms with Gasteiger partial charge >= 0.3 is 0 Å². The molecule has 1 fully saturated rings. The van der Waals surface area contributed by atoms with Crippen LogP contribution in [0.1, 0.15) is 66.4 Å². The summed E-state index contributed by atoms with van der Waals surface area (Å²) >= 11 is 6.23. The number of nitrogens with zero attached hydrogens (tertiary/aromatic N) is 2. The van der Waals surface area contributed by atoms with Crippen molar-refractivity contribution in [3.63, 3.8) is 0 Å². The van der Waals surface area contributed by atoms with Crippen LogP contribution in [0.2, 0.25) is 5.02 Å². The largest absolute Gasteiger partial charge is 0.455 e. The fourth-order valence-electron chi connectivity index (χ4n) is 6.89. The van der Waals surface area contributed by atoms with E-state index >= 15 is 0 Å². The van der Waals surface area contributed by atoms with E-state index in [9.17, 15) is 4.79 Å². The van der Waals surface area contributed by atoms with Gasteiger partial charge in [0.2, 0.25) is 0 Å². The number of halogens is 1. The minimum Gasteiger partial charge on any atom is -0.455 e. The predicted molar refractivity (Wildman–Crippen MR) is 169 cm³/mol. The van der Waals surface area contributed by atoms with Crippen LogP contribution in [-0.2, 0) is 0 Å². The molecular formula is C35H35ClN4O2. The lowest BCUT2D eigenvalue weighted by Gasteiger charge is -2.47. The van der Waals surface area contributed by atoms with Crippen LogP contribution in [0, 0.1) is 5.41 Å². The third kappa shape index (κ3) is 5.37. The molecule has 1 saturated carbocycles. The molecular weight excluding hydrogens is 544 g/mol. The van der Waals surface area contributed by atoms with E-state index in [1.165, 1.54) is 49.7 Å². The first-order valence-corrected chi connectivity index (χ1v) is 15.3. The molecule has 4 aromatic rings. The van der Waals surface area contributed by atoms with Crippen molar-refractivity contribution in [2.24, 2.45) is 11.1 Å². The number of nitrogens with one attached hydrogen (secondary N) is 1. The molecule has 6 nitrogen and oxygen atoms in total. The quantitative estimate of drug-likeness (QED) is 0.233. The summed E-state index contributed by atoms with van der Waals surface area (Å²) < 4.78 is 6.16. The van der Waals surface area contributed by atoms with Crippen molar-refractivity contribution >= 4 is 39.7 Å². The maximum atomic E-state index is 12.2. The van der Waals surface area contributed by atoms with Gasteiger partial charge in [0.15, 0.2) is 0 Å². The van der Waals surface area contributed by atoms with E-state index in [2.05, 4.69) is 33.1 Å². The molecule has 2 aliphatic carbocycles. The van der Waals surface area contributed by atoms with Gasteiger partial charge in [-0.05, 0) is 103 Å². The normalized spacial score (nSPS) is 18.6. The number of amides is 1. The number of H-pyrrole nitrogens is 1. The van der Waals surface area contributed by atoms with Crippen molar-refractivity contribution in [3.05, 3.63) is 100 Å². The number of aromatic nitrogens is 2. The molecule has 1 aliphatic heterocycles. The van der Waals surface area contributed by atoms with E-state index in [1.54, 1.807) is 23.4 Å². The monoisotopic (exact) mass is 578 g/mol. The SMILES string of the molecule is NC(=O)c1ccc(C2=CCN(CC3=C(c4ccc(Cl)cc4)CC4(CCC4)CC3)CC2)cc1Oc1cnc2[nH]ccc2c1. The van der Waals surface area contributed by atoms with E-state index < -0.39 is 5.91 Å². The minimum absolute atomic E-state index is 0.356. The fraction of sp³-hybridized carbons (Fsp3) is 0.314. The molecule has 3 heterocycles. The van der Waals surface area contributed by atoms with Gasteiger partial charge in [0.25, 0.3) is 5.91 Å². The Morgan fingerprint density at radius 1 is 1.05 bits per heavy atom. The molecule has 1 spiro atoms. The van der Waals surface area contributed by atoms with Gasteiger partial charge in [-0.3, -0.25) is 9.69 Å². The van der Waals surface area contributed by atoms with Crippen LogP contribution >= 0.6 is 11.6 Å². The van der Waals surface area contributed by atoms with Crippen molar-refractivity contribution in [2.45, 2.75) is 44.9 Å². The second kappa shape index (κ2) is 11.1. The van der Waals surface area contributed by atoms with Crippen molar-refractivity contribution < 1.29 is 9.53 Å². The average molecular weight is 579 g/mol. The third-order valence-corrected chi connectivity index (χ3v) is 9.72. The highest BCUT2D eigenvalue weighted by Crippen LogP contribution is 2.55. The second-order valence-electron chi connectivity index (χ2n) is 12.1. The van der Waals surface area contributed by atoms with Crippen LogP contribution in [0.5, 0.6) is 11.5 Å². The number of primary amides is 1. The number of ether oxygens (including phenoxy) is 1. The molecule has 0 bridgehead atoms. The van der Waals surface area contributed by atoms with Crippen molar-refractivity contribution in [2.75, 3.05) is 19.6 Å². The van der Waals surface area contributed by atoms with Gasteiger partial charge in [-0.15, -0.1) is 0 Å². The predicted octanol–water partition coefficient (Wildman–Crippen LogP) is 8.00. The Morgan fingerprint density at radius 2 is 1.88 bits per heavy atom. The van der Waals surface area contributed by atoms with Crippen molar-refractivity contribution in [3.8, 4) is 11.5 Å². The summed E-state index contributed by atoms with van der Waals surface area (Å²) in [4.78, 5) is 22.2. The summed E-state index contributed by atoms with van der Waals surface area (Å²) in [6.45, 7) is 2.87. The lowest BCUT2D eigenvalue weighted by Crippen LogP contribution is -2.36. The highest BCUT2D eigenvalue weighted by atomic mass is 35.5. The maximum Gasteiger partial charge on any atom is 0.252 e. The molecule has 2 aromatic heterocycles. The molecule has 7 heteroatoms. The van der Waals surface area contributed by atoms with Gasteiger partial charge in [-0.25, -0.2) is 4.98 Å². The maximum absolute atomic E-state index is 12.2. The number of pyridine rings is 1. The molecule has 214 valence electrons. The molecule has 2 aromatic carbocycles. The van der Waals surface area contributed by atoms with Gasteiger partial charge in [0.1, 0.15) is 17.1 Å². The molecule has 0 unspecified atom stereocenters. The number of hydrogen-bond acceptors (Lipinski definition) is 4. The molecule has 42 heavy (non-hydrogen) atoms. The number of rotatable bonds is 7. The van der Waals surface area contributed by atoms with E-state index in [1.807, 2.05) is 42.6 Å². The van der Waals surface area contributed by atoms with Gasteiger partial charge in [0.05, 0.1) is 11.8 Å². The van der Waals surface area contributed by atoms with E-state index in [0.717, 1.165) is 47.7 Å². The van der Waals surface area contributed by atoms with Crippen molar-refractivity contribution in [1.29, 1.82) is 0 Å². The van der Waals surface area contributed by atoms with E-state index in [-0.39, 0.29) is 0 Å². The number of carbonyl (C=O) groups is 1. The van der Waals surface area contributed by atoms with Crippen LogP contribution in [0.15, 0.2) is 78.6 Å². The Bertz CT molecular complexity index is 1710. The van der Waals surface area contributed by atoms with Gasteiger partial charge in [-0.2, -0.15) is 0 Å². The number of nitrogens with two attached hydrogens (primary N) is 1. The van der Waals surface area contributed by atoms with Gasteiger partial charge in [-0.1, -0.05) is 47.9 Å². The van der Waals surface area contributed by atoms with Crippen LogP contribution in [0.3, 0.4) is 0 Å². The molecule has 1 amide bonds. The smallest absolute Gasteiger partial charge is 0.252 e. The van der Waals surface area contributed by atoms with Crippen LogP contribution in [0.25, 0.3) is 22.2 Å². The van der Waals surface area contributed by atoms with Crippen LogP contribution < -0.4 is 10.5 Å². The zero-order chi connectivity index (χ0) is 28.7. The number of allylic oxidation sites excluding steroid dienone is 1. The third-order valence-electron chi connectivity index (χ3n) is 9.47. The summed E-state index contributed by atoms with van der Waals surface area (Å²) in [6.07, 6.45) is 14.5. The summed E-state index contributed by atoms with van der Waals surface area (Å²) in [7, 11) is 0. The Balaban J connectivity index is 1.10. The van der Waals surface area contributed by atoms with Gasteiger partial charge in [0, 0.05) is 36.2 Å². The minimum atomic E-state index is -0.517. The molecule has 3 aliphatic rings. The fourth-order valence-corrected chi connectivity index (χ4v) is 7.02. The Labute approximate surface area is 251 Å². The molecule has 0 radical (unpaired) electrons. The summed E-state index contributed by atoms with van der Waals surface area (Å²) in [5, 5.41) is 1.73. The molecule has 0 saturated heterocycles. The summed E-state index contributed by atoms with van der Waals surface area (Å²) in [6, 6.07) is 18.0. The Morgan fingerprint density at radius 3 is 2.62 bits per heavy atom. The summed E-state index contributed by atoms with van der Waals surface area (Å²) in [5.74, 6) is 0.494. The number of fused-ring (bicyclic) bond motifs is 1. The standard InChI is InChI=1S/C35H35ClN4O2/c36-28-5-2-24(3-6-28)31-20-35(12-1-13-35)14-8-27(31)22-40-16-10-23(11-17-40)25-4-7-30(33(37)41)32(19-25)42-29-18-26-9-15-38-34(26)39-21-29/h2-7,9-10,15,18-19,21H,1,8,11-14,16-17,20,22H2,(H2,37,41)(H,38,39). The first-order chi connectivity index (χ1) is 20.4. The lowest BCUT2D eigenvalue weighted by molar-refractivity contribution is 0.0998. The molecule has 0 atom stereocenters. The number of benzene rings is 2. The lowest BCUT2D eigenvalue weighted by atomic mass is 9.59.